The molecule has 0 saturated carbocycles. The first kappa shape index (κ1) is 12.0. The van der Waals surface area contributed by atoms with Crippen LogP contribution in [0.4, 0.5) is 0 Å². The van der Waals surface area contributed by atoms with Crippen molar-refractivity contribution in [2.45, 2.75) is 59.9 Å². The lowest BCUT2D eigenvalue weighted by molar-refractivity contribution is 0.0358. The molecule has 4 atom stereocenters. The molecule has 84 valence electrons. The maximum atomic E-state index is 3.61. The van der Waals surface area contributed by atoms with Gasteiger partial charge in [-0.2, -0.15) is 0 Å². The van der Waals surface area contributed by atoms with Gasteiger partial charge in [0.1, 0.15) is 0 Å². The quantitative estimate of drug-likeness (QED) is 0.731. The summed E-state index contributed by atoms with van der Waals surface area (Å²) in [6.45, 7) is 13.2. The van der Waals surface area contributed by atoms with Gasteiger partial charge in [0.15, 0.2) is 0 Å². The molecule has 0 aromatic heterocycles. The number of rotatable bonds is 3. The zero-order valence-corrected chi connectivity index (χ0v) is 10.6. The second-order valence-corrected chi connectivity index (χ2v) is 5.50. The van der Waals surface area contributed by atoms with E-state index in [0.717, 1.165) is 11.8 Å². The molecule has 0 bridgehead atoms. The van der Waals surface area contributed by atoms with Gasteiger partial charge in [0, 0.05) is 6.04 Å². The number of hydrogen-bond acceptors (Lipinski definition) is 1. The number of piperidine rings is 1. The van der Waals surface area contributed by atoms with Crippen molar-refractivity contribution in [3.05, 3.63) is 0 Å². The van der Waals surface area contributed by atoms with Gasteiger partial charge in [-0.1, -0.05) is 40.5 Å². The molecule has 1 aliphatic rings. The lowest BCUT2D eigenvalue weighted by Crippen LogP contribution is -2.53. The summed E-state index contributed by atoms with van der Waals surface area (Å²) in [5, 5.41) is 3.61. The van der Waals surface area contributed by atoms with Crippen LogP contribution in [0.1, 0.15) is 53.9 Å². The van der Waals surface area contributed by atoms with E-state index in [0.29, 0.717) is 11.5 Å². The van der Waals surface area contributed by atoms with Crippen LogP contribution in [-0.2, 0) is 0 Å². The molecule has 4 unspecified atom stereocenters. The van der Waals surface area contributed by atoms with Crippen LogP contribution in [0.2, 0.25) is 0 Å². The highest BCUT2D eigenvalue weighted by atomic mass is 14.9. The van der Waals surface area contributed by atoms with Crippen molar-refractivity contribution in [3.63, 3.8) is 0 Å². The fourth-order valence-electron chi connectivity index (χ4n) is 2.82. The Bertz CT molecular complexity index is 178. The normalized spacial score (nSPS) is 43.9. The van der Waals surface area contributed by atoms with Crippen molar-refractivity contribution < 1.29 is 0 Å². The van der Waals surface area contributed by atoms with Crippen LogP contribution < -0.4 is 5.32 Å². The van der Waals surface area contributed by atoms with Gasteiger partial charge in [0.05, 0.1) is 0 Å². The number of hydrogen-bond donors (Lipinski definition) is 1. The van der Waals surface area contributed by atoms with Crippen LogP contribution in [0, 0.1) is 17.3 Å². The summed E-state index contributed by atoms with van der Waals surface area (Å²) in [6, 6.07) is 0.688. The Balaban J connectivity index is 2.68. The maximum absolute atomic E-state index is 3.61. The minimum absolute atomic E-state index is 0.556. The largest absolute Gasteiger partial charge is 0.314 e. The van der Waals surface area contributed by atoms with Crippen molar-refractivity contribution in [1.82, 2.24) is 5.32 Å². The second-order valence-electron chi connectivity index (χ2n) is 5.50. The summed E-state index contributed by atoms with van der Waals surface area (Å²) in [4.78, 5) is 0. The Labute approximate surface area is 89.7 Å². The minimum atomic E-state index is 0.556. The molecule has 1 heterocycles. The van der Waals surface area contributed by atoms with Crippen LogP contribution in [0.5, 0.6) is 0 Å². The first-order chi connectivity index (χ1) is 6.52. The van der Waals surface area contributed by atoms with Crippen molar-refractivity contribution in [2.24, 2.45) is 17.3 Å². The smallest absolute Gasteiger partial charge is 0.00697 e. The molecule has 0 amide bonds. The molecule has 1 nitrogen and oxygen atoms in total. The molecule has 0 spiro atoms. The molecule has 0 aromatic carbocycles. The molecule has 1 saturated heterocycles. The third-order valence-corrected chi connectivity index (χ3v) is 4.73. The van der Waals surface area contributed by atoms with Crippen LogP contribution in [0.3, 0.4) is 0 Å². The van der Waals surface area contributed by atoms with Crippen molar-refractivity contribution in [3.8, 4) is 0 Å². The Morgan fingerprint density at radius 1 is 1.29 bits per heavy atom. The van der Waals surface area contributed by atoms with Crippen molar-refractivity contribution in [2.75, 3.05) is 6.54 Å². The van der Waals surface area contributed by atoms with Crippen LogP contribution in [-0.4, -0.2) is 12.6 Å². The summed E-state index contributed by atoms with van der Waals surface area (Å²) < 4.78 is 0. The highest BCUT2D eigenvalue weighted by Gasteiger charge is 2.41. The predicted molar refractivity (Wildman–Crippen MR) is 63.4 cm³/mol. The molecule has 1 aliphatic heterocycles. The molecule has 1 fully saturated rings. The van der Waals surface area contributed by atoms with Gasteiger partial charge in [-0.25, -0.2) is 0 Å². The van der Waals surface area contributed by atoms with E-state index in [1.807, 2.05) is 0 Å². The van der Waals surface area contributed by atoms with Gasteiger partial charge in [0.25, 0.3) is 0 Å². The molecule has 0 radical (unpaired) electrons. The summed E-state index contributed by atoms with van der Waals surface area (Å²) in [5.41, 5.74) is 0.556. The van der Waals surface area contributed by atoms with E-state index in [9.17, 15) is 0 Å². The Morgan fingerprint density at radius 2 is 1.93 bits per heavy atom. The average Bonchev–Trinajstić information content (AvgIpc) is 2.18. The van der Waals surface area contributed by atoms with Gasteiger partial charge in [-0.05, 0) is 37.1 Å². The third kappa shape index (κ3) is 2.13. The van der Waals surface area contributed by atoms with E-state index in [-0.39, 0.29) is 0 Å². The fraction of sp³-hybridized carbons (Fsp3) is 1.00. The van der Waals surface area contributed by atoms with Gasteiger partial charge < -0.3 is 5.32 Å². The second kappa shape index (κ2) is 4.65. The lowest BCUT2D eigenvalue weighted by Gasteiger charge is -2.49. The molecule has 1 N–H and O–H groups in total. The van der Waals surface area contributed by atoms with E-state index in [4.69, 9.17) is 0 Å². The van der Waals surface area contributed by atoms with E-state index in [1.165, 1.54) is 25.8 Å². The summed E-state index contributed by atoms with van der Waals surface area (Å²) in [5.74, 6) is 1.62. The molecule has 0 aliphatic carbocycles. The number of unbranched alkanes of at least 4 members (excludes halogenated alkanes) is 1. The highest BCUT2D eigenvalue weighted by Crippen LogP contribution is 2.44. The van der Waals surface area contributed by atoms with E-state index >= 15 is 0 Å². The summed E-state index contributed by atoms with van der Waals surface area (Å²) >= 11 is 0. The van der Waals surface area contributed by atoms with Gasteiger partial charge in [-0.3, -0.25) is 0 Å². The summed E-state index contributed by atoms with van der Waals surface area (Å²) in [6.07, 6.45) is 4.12. The van der Waals surface area contributed by atoms with Crippen LogP contribution in [0.25, 0.3) is 0 Å². The molecular formula is C13H27N. The Kier molecular flexibility index (Phi) is 4.00. The standard InChI is InChI=1S/C13H27N/c1-6-7-8-13(5)10(2)9-14-12(4)11(13)3/h10-12,14H,6-9H2,1-5H3. The SMILES string of the molecule is CCCCC1(C)C(C)CNC(C)C1C. The van der Waals surface area contributed by atoms with Crippen molar-refractivity contribution >= 4 is 0 Å². The predicted octanol–water partition coefficient (Wildman–Crippen LogP) is 3.45. The van der Waals surface area contributed by atoms with Gasteiger partial charge >= 0.3 is 0 Å². The zero-order chi connectivity index (χ0) is 10.8. The first-order valence-electron chi connectivity index (χ1n) is 6.25. The van der Waals surface area contributed by atoms with Gasteiger partial charge in [-0.15, -0.1) is 0 Å². The molecule has 14 heavy (non-hydrogen) atoms. The first-order valence-corrected chi connectivity index (χ1v) is 6.25. The monoisotopic (exact) mass is 197 g/mol. The highest BCUT2D eigenvalue weighted by molar-refractivity contribution is 4.94. The molecule has 1 rings (SSSR count). The van der Waals surface area contributed by atoms with Crippen molar-refractivity contribution in [1.29, 1.82) is 0 Å². The maximum Gasteiger partial charge on any atom is 0.00697 e. The molecular weight excluding hydrogens is 170 g/mol. The fourth-order valence-corrected chi connectivity index (χ4v) is 2.82. The number of nitrogens with one attached hydrogen (secondary N) is 1. The van der Waals surface area contributed by atoms with Crippen LogP contribution >= 0.6 is 0 Å². The minimum Gasteiger partial charge on any atom is -0.314 e. The summed E-state index contributed by atoms with van der Waals surface area (Å²) in [7, 11) is 0. The van der Waals surface area contributed by atoms with Crippen LogP contribution in [0.15, 0.2) is 0 Å². The zero-order valence-electron chi connectivity index (χ0n) is 10.6. The van der Waals surface area contributed by atoms with E-state index in [2.05, 4.69) is 39.9 Å². The third-order valence-electron chi connectivity index (χ3n) is 4.73. The van der Waals surface area contributed by atoms with E-state index < -0.39 is 0 Å². The average molecular weight is 197 g/mol. The molecule has 1 heteroatoms. The molecule has 0 aromatic rings. The lowest BCUT2D eigenvalue weighted by atomic mass is 9.62. The van der Waals surface area contributed by atoms with Gasteiger partial charge in [0.2, 0.25) is 0 Å². The topological polar surface area (TPSA) is 12.0 Å². The Hall–Kier alpha value is -0.0400. The van der Waals surface area contributed by atoms with E-state index in [1.54, 1.807) is 0 Å². The Morgan fingerprint density at radius 3 is 2.50 bits per heavy atom.